The summed E-state index contributed by atoms with van der Waals surface area (Å²) >= 11 is 1.53. The first-order valence-electron chi connectivity index (χ1n) is 8.67. The molecule has 25 heavy (non-hydrogen) atoms. The Balaban J connectivity index is 2.17. The molecule has 0 fully saturated rings. The van der Waals surface area contributed by atoms with Crippen molar-refractivity contribution in [2.75, 3.05) is 6.61 Å². The second-order valence-electron chi connectivity index (χ2n) is 6.57. The quantitative estimate of drug-likeness (QED) is 0.788. The zero-order valence-corrected chi connectivity index (χ0v) is 16.4. The minimum atomic E-state index is -0.252. The van der Waals surface area contributed by atoms with E-state index in [0.29, 0.717) is 11.2 Å². The first kappa shape index (κ1) is 19.6. The first-order chi connectivity index (χ1) is 11.8. The summed E-state index contributed by atoms with van der Waals surface area (Å²) in [6.45, 7) is 9.93. The summed E-state index contributed by atoms with van der Waals surface area (Å²) in [5, 5.41) is 12.9. The monoisotopic (exact) mass is 365 g/mol. The van der Waals surface area contributed by atoms with E-state index in [1.165, 1.54) is 11.3 Å². The van der Waals surface area contributed by atoms with Crippen molar-refractivity contribution in [1.29, 1.82) is 0 Å². The summed E-state index contributed by atoms with van der Waals surface area (Å²) < 4.78 is 1.57. The molecule has 2 atom stereocenters. The second kappa shape index (κ2) is 8.10. The van der Waals surface area contributed by atoms with Gasteiger partial charge in [0.1, 0.15) is 10.7 Å². The number of thiophene rings is 1. The van der Waals surface area contributed by atoms with Gasteiger partial charge in [-0.15, -0.1) is 11.3 Å². The minimum Gasteiger partial charge on any atom is -0.394 e. The molecular formula is C18H27N3O3S. The molecule has 6 nitrogen and oxygen atoms in total. The van der Waals surface area contributed by atoms with E-state index in [0.717, 1.165) is 21.7 Å². The average Bonchev–Trinajstić information content (AvgIpc) is 2.85. The Morgan fingerprint density at radius 2 is 2.04 bits per heavy atom. The fraction of sp³-hybridized carbons (Fsp3) is 0.611. The van der Waals surface area contributed by atoms with Crippen LogP contribution >= 0.6 is 11.3 Å². The molecule has 0 spiro atoms. The molecule has 0 aromatic carbocycles. The van der Waals surface area contributed by atoms with Gasteiger partial charge in [0.25, 0.3) is 5.56 Å². The van der Waals surface area contributed by atoms with E-state index >= 15 is 0 Å². The number of aryl methyl sites for hydroxylation is 3. The van der Waals surface area contributed by atoms with Gasteiger partial charge < -0.3 is 10.4 Å². The molecule has 0 bridgehead atoms. The number of aromatic nitrogens is 2. The van der Waals surface area contributed by atoms with E-state index in [-0.39, 0.29) is 43.0 Å². The van der Waals surface area contributed by atoms with Crippen molar-refractivity contribution in [1.82, 2.24) is 14.9 Å². The fourth-order valence-corrected chi connectivity index (χ4v) is 3.90. The maximum Gasteiger partial charge on any atom is 0.262 e. The van der Waals surface area contributed by atoms with Crippen LogP contribution in [0.15, 0.2) is 4.79 Å². The molecule has 0 aliphatic heterocycles. The average molecular weight is 365 g/mol. The molecule has 2 aromatic rings. The lowest BCUT2D eigenvalue weighted by molar-refractivity contribution is -0.122. The van der Waals surface area contributed by atoms with Gasteiger partial charge in [-0.1, -0.05) is 20.3 Å². The summed E-state index contributed by atoms with van der Waals surface area (Å²) in [4.78, 5) is 31.4. The van der Waals surface area contributed by atoms with Gasteiger partial charge in [0.15, 0.2) is 0 Å². The third kappa shape index (κ3) is 4.10. The summed E-state index contributed by atoms with van der Waals surface area (Å²) in [6.07, 6.45) is 1.06. The Bertz CT molecular complexity index is 825. The Hall–Kier alpha value is -1.73. The molecule has 0 radical (unpaired) electrons. The number of nitrogens with one attached hydrogen (secondary N) is 1. The van der Waals surface area contributed by atoms with Crippen LogP contribution in [-0.4, -0.2) is 33.2 Å². The van der Waals surface area contributed by atoms with Crippen molar-refractivity contribution in [3.05, 3.63) is 26.6 Å². The lowest BCUT2D eigenvalue weighted by Crippen LogP contribution is -2.42. The highest BCUT2D eigenvalue weighted by atomic mass is 32.1. The van der Waals surface area contributed by atoms with Crippen LogP contribution < -0.4 is 10.9 Å². The maximum absolute atomic E-state index is 12.8. The van der Waals surface area contributed by atoms with Gasteiger partial charge in [-0.2, -0.15) is 0 Å². The van der Waals surface area contributed by atoms with E-state index in [1.54, 1.807) is 11.5 Å². The van der Waals surface area contributed by atoms with Gasteiger partial charge in [0.05, 0.1) is 18.0 Å². The predicted molar refractivity (Wildman–Crippen MR) is 101 cm³/mol. The number of fused-ring (bicyclic) bond motifs is 1. The molecule has 138 valence electrons. The smallest absolute Gasteiger partial charge is 0.262 e. The van der Waals surface area contributed by atoms with Crippen molar-refractivity contribution >= 4 is 27.5 Å². The molecule has 2 aromatic heterocycles. The van der Waals surface area contributed by atoms with Crippen molar-refractivity contribution < 1.29 is 9.90 Å². The Morgan fingerprint density at radius 3 is 2.64 bits per heavy atom. The largest absolute Gasteiger partial charge is 0.394 e. The van der Waals surface area contributed by atoms with Gasteiger partial charge in [0.2, 0.25) is 5.91 Å². The number of rotatable bonds is 7. The molecule has 2 heterocycles. The molecule has 1 amide bonds. The lowest BCUT2D eigenvalue weighted by Gasteiger charge is -2.22. The van der Waals surface area contributed by atoms with Crippen LogP contribution in [0.2, 0.25) is 0 Å². The molecule has 0 aliphatic carbocycles. The molecule has 0 saturated heterocycles. The minimum absolute atomic E-state index is 0.0827. The zero-order valence-electron chi connectivity index (χ0n) is 15.5. The molecule has 2 N–H and O–H groups in total. The highest BCUT2D eigenvalue weighted by molar-refractivity contribution is 7.18. The van der Waals surface area contributed by atoms with Crippen LogP contribution in [0.3, 0.4) is 0 Å². The number of aliphatic hydroxyl groups is 1. The van der Waals surface area contributed by atoms with Crippen LogP contribution in [-0.2, 0) is 11.3 Å². The van der Waals surface area contributed by atoms with Crippen LogP contribution in [0.4, 0.5) is 0 Å². The number of aliphatic hydroxyl groups excluding tert-OH is 1. The van der Waals surface area contributed by atoms with Gasteiger partial charge in [-0.3, -0.25) is 14.2 Å². The SMILES string of the molecule is CC[C@@H](C)[C@H](CO)NC(=O)CCn1c(C)nc2sc(C)c(C)c2c1=O. The van der Waals surface area contributed by atoms with Crippen LogP contribution in [0, 0.1) is 26.7 Å². The van der Waals surface area contributed by atoms with Crippen molar-refractivity contribution in [2.24, 2.45) is 5.92 Å². The van der Waals surface area contributed by atoms with Gasteiger partial charge >= 0.3 is 0 Å². The first-order valence-corrected chi connectivity index (χ1v) is 9.49. The highest BCUT2D eigenvalue weighted by Gasteiger charge is 2.18. The molecule has 2 rings (SSSR count). The Kier molecular flexibility index (Phi) is 6.35. The Morgan fingerprint density at radius 1 is 1.36 bits per heavy atom. The maximum atomic E-state index is 12.8. The lowest BCUT2D eigenvalue weighted by atomic mass is 10.00. The standard InChI is InChI=1S/C18H27N3O3S/c1-6-10(2)14(9-22)20-15(23)7-8-21-13(5)19-17-16(18(21)24)11(3)12(4)25-17/h10,14,22H,6-9H2,1-5H3,(H,20,23)/t10-,14+/m1/s1. The Labute approximate surface area is 151 Å². The van der Waals surface area contributed by atoms with E-state index in [2.05, 4.69) is 10.3 Å². The van der Waals surface area contributed by atoms with E-state index in [4.69, 9.17) is 0 Å². The molecule has 7 heteroatoms. The van der Waals surface area contributed by atoms with E-state index in [1.807, 2.05) is 27.7 Å². The van der Waals surface area contributed by atoms with Crippen molar-refractivity contribution in [3.8, 4) is 0 Å². The third-order valence-electron chi connectivity index (χ3n) is 4.92. The summed E-state index contributed by atoms with van der Waals surface area (Å²) in [6, 6.07) is -0.252. The highest BCUT2D eigenvalue weighted by Crippen LogP contribution is 2.26. The van der Waals surface area contributed by atoms with Gasteiger partial charge in [-0.25, -0.2) is 4.98 Å². The number of hydrogen-bond acceptors (Lipinski definition) is 5. The van der Waals surface area contributed by atoms with Crippen LogP contribution in [0.1, 0.15) is 43.0 Å². The molecule has 0 unspecified atom stereocenters. The third-order valence-corrected chi connectivity index (χ3v) is 6.02. The summed E-state index contributed by atoms with van der Waals surface area (Å²) in [5.74, 6) is 0.656. The van der Waals surface area contributed by atoms with E-state index < -0.39 is 0 Å². The number of hydrogen-bond donors (Lipinski definition) is 2. The summed E-state index contributed by atoms with van der Waals surface area (Å²) in [5.41, 5.74) is 0.880. The molecule has 0 saturated carbocycles. The van der Waals surface area contributed by atoms with Crippen molar-refractivity contribution in [2.45, 2.75) is 60.0 Å². The van der Waals surface area contributed by atoms with Gasteiger partial charge in [-0.05, 0) is 32.3 Å². The van der Waals surface area contributed by atoms with Crippen LogP contribution in [0.5, 0.6) is 0 Å². The predicted octanol–water partition coefficient (Wildman–Crippen LogP) is 2.30. The molecule has 0 aliphatic rings. The molecular weight excluding hydrogens is 338 g/mol. The number of carbonyl (C=O) groups is 1. The normalized spacial score (nSPS) is 13.8. The van der Waals surface area contributed by atoms with E-state index in [9.17, 15) is 14.7 Å². The van der Waals surface area contributed by atoms with Crippen molar-refractivity contribution in [3.63, 3.8) is 0 Å². The number of amides is 1. The number of nitrogens with zero attached hydrogens (tertiary/aromatic N) is 2. The second-order valence-corrected chi connectivity index (χ2v) is 7.77. The topological polar surface area (TPSA) is 84.2 Å². The summed E-state index contributed by atoms with van der Waals surface area (Å²) in [7, 11) is 0. The van der Waals surface area contributed by atoms with Crippen LogP contribution in [0.25, 0.3) is 10.2 Å². The fourth-order valence-electron chi connectivity index (χ4n) is 2.84. The number of carbonyl (C=O) groups excluding carboxylic acids is 1. The van der Waals surface area contributed by atoms with Gasteiger partial charge in [0, 0.05) is 17.8 Å². The zero-order chi connectivity index (χ0) is 18.7.